The Kier molecular flexibility index (Phi) is 3.34. The molecule has 0 aromatic carbocycles. The minimum Gasteiger partial charge on any atom is -0.326 e. The molecule has 2 N–H and O–H groups in total. The number of likely N-dealkylation sites (N-methyl/N-ethyl adjacent to an activating group) is 1. The monoisotopic (exact) mass is 156 g/mol. The molecular weight excluding hydrogens is 136 g/mol. The number of rotatable bonds is 5. The molecule has 1 unspecified atom stereocenters. The number of nitrogens with zero attached hydrogens (tertiary/aromatic N) is 1. The lowest BCUT2D eigenvalue weighted by Gasteiger charge is -2.19. The fourth-order valence-electron chi connectivity index (χ4n) is 1.51. The first-order valence-electron chi connectivity index (χ1n) is 4.68. The molecular formula is C9H20N2. The van der Waals surface area contributed by atoms with E-state index in [9.17, 15) is 0 Å². The molecule has 1 aliphatic rings. The Balaban J connectivity index is 2.07. The van der Waals surface area contributed by atoms with Gasteiger partial charge >= 0.3 is 0 Å². The van der Waals surface area contributed by atoms with E-state index in [1.54, 1.807) is 0 Å². The summed E-state index contributed by atoms with van der Waals surface area (Å²) in [6, 6.07) is 0.437. The van der Waals surface area contributed by atoms with E-state index in [4.69, 9.17) is 5.73 Å². The van der Waals surface area contributed by atoms with Crippen LogP contribution in [0.15, 0.2) is 0 Å². The van der Waals surface area contributed by atoms with Crippen LogP contribution in [0.3, 0.4) is 0 Å². The van der Waals surface area contributed by atoms with Gasteiger partial charge in [0, 0.05) is 12.6 Å². The average Bonchev–Trinajstić information content (AvgIpc) is 2.67. The van der Waals surface area contributed by atoms with Gasteiger partial charge in [0.25, 0.3) is 0 Å². The van der Waals surface area contributed by atoms with Crippen LogP contribution in [0.1, 0.15) is 26.2 Å². The molecule has 1 atom stereocenters. The van der Waals surface area contributed by atoms with E-state index < -0.39 is 0 Å². The predicted octanol–water partition coefficient (Wildman–Crippen LogP) is 1.07. The van der Waals surface area contributed by atoms with Crippen LogP contribution in [-0.2, 0) is 0 Å². The summed E-state index contributed by atoms with van der Waals surface area (Å²) in [6.45, 7) is 4.47. The van der Waals surface area contributed by atoms with E-state index in [0.717, 1.165) is 12.5 Å². The molecule has 1 aliphatic carbocycles. The maximum atomic E-state index is 5.97. The molecule has 2 nitrogen and oxygen atoms in total. The summed E-state index contributed by atoms with van der Waals surface area (Å²) in [7, 11) is 2.16. The van der Waals surface area contributed by atoms with Crippen LogP contribution in [0.2, 0.25) is 0 Å². The van der Waals surface area contributed by atoms with Crippen LogP contribution >= 0.6 is 0 Å². The summed E-state index contributed by atoms with van der Waals surface area (Å²) in [4.78, 5) is 2.34. The van der Waals surface area contributed by atoms with Crippen molar-refractivity contribution >= 4 is 0 Å². The van der Waals surface area contributed by atoms with Gasteiger partial charge in [-0.05, 0) is 38.8 Å². The topological polar surface area (TPSA) is 29.3 Å². The number of nitrogens with two attached hydrogens (primary N) is 1. The Labute approximate surface area is 69.8 Å². The van der Waals surface area contributed by atoms with Crippen molar-refractivity contribution in [1.82, 2.24) is 4.90 Å². The fourth-order valence-corrected chi connectivity index (χ4v) is 1.51. The smallest absolute Gasteiger partial charge is 0.0196 e. The molecule has 2 heteroatoms. The maximum Gasteiger partial charge on any atom is 0.0196 e. The van der Waals surface area contributed by atoms with Crippen molar-refractivity contribution in [2.45, 2.75) is 32.2 Å². The first-order chi connectivity index (χ1) is 5.24. The molecule has 0 saturated heterocycles. The van der Waals surface area contributed by atoms with Gasteiger partial charge in [0.05, 0.1) is 0 Å². The van der Waals surface area contributed by atoms with Gasteiger partial charge in [-0.15, -0.1) is 0 Å². The van der Waals surface area contributed by atoms with Crippen molar-refractivity contribution < 1.29 is 0 Å². The van der Waals surface area contributed by atoms with Crippen molar-refractivity contribution in [3.63, 3.8) is 0 Å². The van der Waals surface area contributed by atoms with Crippen LogP contribution in [0.25, 0.3) is 0 Å². The van der Waals surface area contributed by atoms with E-state index in [1.807, 2.05) is 0 Å². The average molecular weight is 156 g/mol. The minimum atomic E-state index is 0.437. The zero-order chi connectivity index (χ0) is 8.27. The summed E-state index contributed by atoms with van der Waals surface area (Å²) in [5.41, 5.74) is 5.97. The van der Waals surface area contributed by atoms with E-state index in [1.165, 1.54) is 25.8 Å². The molecule has 1 rings (SSSR count). The van der Waals surface area contributed by atoms with Crippen LogP contribution in [0, 0.1) is 5.92 Å². The SMILES string of the molecule is CCCN(C)CC(N)C1CC1. The van der Waals surface area contributed by atoms with Gasteiger partial charge in [0.15, 0.2) is 0 Å². The second-order valence-electron chi connectivity index (χ2n) is 3.76. The Morgan fingerprint density at radius 3 is 2.64 bits per heavy atom. The summed E-state index contributed by atoms with van der Waals surface area (Å²) in [5.74, 6) is 0.842. The normalized spacial score (nSPS) is 20.7. The summed E-state index contributed by atoms with van der Waals surface area (Å²) < 4.78 is 0. The van der Waals surface area contributed by atoms with E-state index in [0.29, 0.717) is 6.04 Å². The Morgan fingerprint density at radius 2 is 2.18 bits per heavy atom. The van der Waals surface area contributed by atoms with Gasteiger partial charge in [-0.1, -0.05) is 6.92 Å². The first kappa shape index (κ1) is 9.01. The van der Waals surface area contributed by atoms with Gasteiger partial charge < -0.3 is 10.6 Å². The summed E-state index contributed by atoms with van der Waals surface area (Å²) in [5, 5.41) is 0. The second-order valence-corrected chi connectivity index (χ2v) is 3.76. The van der Waals surface area contributed by atoms with Crippen molar-refractivity contribution in [3.8, 4) is 0 Å². The lowest BCUT2D eigenvalue weighted by Crippen LogP contribution is -2.37. The van der Waals surface area contributed by atoms with Gasteiger partial charge in [-0.2, -0.15) is 0 Å². The molecule has 66 valence electrons. The number of hydrogen-bond acceptors (Lipinski definition) is 2. The molecule has 11 heavy (non-hydrogen) atoms. The fraction of sp³-hybridized carbons (Fsp3) is 1.00. The van der Waals surface area contributed by atoms with Gasteiger partial charge in [0.1, 0.15) is 0 Å². The zero-order valence-corrected chi connectivity index (χ0v) is 7.71. The molecule has 0 radical (unpaired) electrons. The van der Waals surface area contributed by atoms with E-state index in [2.05, 4.69) is 18.9 Å². The van der Waals surface area contributed by atoms with Crippen LogP contribution in [-0.4, -0.2) is 31.1 Å². The summed E-state index contributed by atoms with van der Waals surface area (Å²) in [6.07, 6.45) is 3.95. The highest BCUT2D eigenvalue weighted by atomic mass is 15.1. The standard InChI is InChI=1S/C9H20N2/c1-3-6-11(2)7-9(10)8-4-5-8/h8-9H,3-7,10H2,1-2H3. The Morgan fingerprint density at radius 1 is 1.55 bits per heavy atom. The Bertz CT molecular complexity index is 110. The van der Waals surface area contributed by atoms with E-state index in [-0.39, 0.29) is 0 Å². The van der Waals surface area contributed by atoms with Crippen LogP contribution in [0.5, 0.6) is 0 Å². The highest BCUT2D eigenvalue weighted by Gasteiger charge is 2.28. The Hall–Kier alpha value is -0.0800. The molecule has 0 aromatic rings. The molecule has 0 aromatic heterocycles. The maximum absolute atomic E-state index is 5.97. The molecule has 1 saturated carbocycles. The first-order valence-corrected chi connectivity index (χ1v) is 4.68. The van der Waals surface area contributed by atoms with Crippen molar-refractivity contribution in [3.05, 3.63) is 0 Å². The predicted molar refractivity (Wildman–Crippen MR) is 48.5 cm³/mol. The largest absolute Gasteiger partial charge is 0.326 e. The van der Waals surface area contributed by atoms with E-state index >= 15 is 0 Å². The van der Waals surface area contributed by atoms with Crippen molar-refractivity contribution in [2.75, 3.05) is 20.1 Å². The lowest BCUT2D eigenvalue weighted by atomic mass is 10.2. The molecule has 0 bridgehead atoms. The number of hydrogen-bond donors (Lipinski definition) is 1. The van der Waals surface area contributed by atoms with Gasteiger partial charge in [0.2, 0.25) is 0 Å². The van der Waals surface area contributed by atoms with Crippen LogP contribution in [0.4, 0.5) is 0 Å². The van der Waals surface area contributed by atoms with Crippen molar-refractivity contribution in [2.24, 2.45) is 11.7 Å². The molecule has 1 fully saturated rings. The molecule has 0 amide bonds. The third-order valence-corrected chi connectivity index (χ3v) is 2.36. The van der Waals surface area contributed by atoms with Crippen molar-refractivity contribution in [1.29, 1.82) is 0 Å². The van der Waals surface area contributed by atoms with Gasteiger partial charge in [-0.25, -0.2) is 0 Å². The quantitative estimate of drug-likeness (QED) is 0.645. The third kappa shape index (κ3) is 3.21. The molecule has 0 spiro atoms. The van der Waals surface area contributed by atoms with Crippen LogP contribution < -0.4 is 5.73 Å². The van der Waals surface area contributed by atoms with Gasteiger partial charge in [-0.3, -0.25) is 0 Å². The third-order valence-electron chi connectivity index (χ3n) is 2.36. The zero-order valence-electron chi connectivity index (χ0n) is 7.71. The molecule has 0 aliphatic heterocycles. The highest BCUT2D eigenvalue weighted by molar-refractivity contribution is 4.85. The minimum absolute atomic E-state index is 0.437. The second kappa shape index (κ2) is 4.07. The molecule has 0 heterocycles. The highest BCUT2D eigenvalue weighted by Crippen LogP contribution is 2.31. The summed E-state index contributed by atoms with van der Waals surface area (Å²) >= 11 is 0. The lowest BCUT2D eigenvalue weighted by molar-refractivity contribution is 0.300.